The van der Waals surface area contributed by atoms with Crippen LogP contribution in [0.1, 0.15) is 17.5 Å². The first-order chi connectivity index (χ1) is 13.2. The zero-order chi connectivity index (χ0) is 19.1. The van der Waals surface area contributed by atoms with Crippen molar-refractivity contribution in [3.8, 4) is 23.0 Å². The van der Waals surface area contributed by atoms with Gasteiger partial charge in [0.2, 0.25) is 5.91 Å². The van der Waals surface area contributed by atoms with Crippen molar-refractivity contribution >= 4 is 5.91 Å². The number of nitrogens with one attached hydrogen (secondary N) is 1. The maximum absolute atomic E-state index is 12.2. The number of amides is 1. The van der Waals surface area contributed by atoms with Gasteiger partial charge in [0.1, 0.15) is 17.2 Å². The average molecular weight is 366 g/mol. The van der Waals surface area contributed by atoms with Gasteiger partial charge in [0.15, 0.2) is 5.76 Å². The van der Waals surface area contributed by atoms with Crippen LogP contribution in [-0.2, 0) is 17.8 Å². The summed E-state index contributed by atoms with van der Waals surface area (Å²) in [4.78, 5) is 16.5. The Bertz CT molecular complexity index is 874. The fourth-order valence-corrected chi connectivity index (χ4v) is 2.69. The predicted octanol–water partition coefficient (Wildman–Crippen LogP) is 3.61. The van der Waals surface area contributed by atoms with Gasteiger partial charge in [-0.15, -0.1) is 0 Å². The summed E-state index contributed by atoms with van der Waals surface area (Å²) in [6, 6.07) is 13.1. The third-order valence-electron chi connectivity index (χ3n) is 4.20. The first-order valence-electron chi connectivity index (χ1n) is 8.66. The summed E-state index contributed by atoms with van der Waals surface area (Å²) in [7, 11) is 3.22. The highest BCUT2D eigenvalue weighted by Gasteiger charge is 2.09. The van der Waals surface area contributed by atoms with Crippen LogP contribution in [0.2, 0.25) is 0 Å². The summed E-state index contributed by atoms with van der Waals surface area (Å²) < 4.78 is 15.9. The molecule has 0 aliphatic carbocycles. The second kappa shape index (κ2) is 8.89. The molecule has 140 valence electrons. The van der Waals surface area contributed by atoms with Crippen molar-refractivity contribution in [2.75, 3.05) is 14.2 Å². The van der Waals surface area contributed by atoms with Crippen molar-refractivity contribution in [3.63, 3.8) is 0 Å². The zero-order valence-electron chi connectivity index (χ0n) is 15.4. The molecule has 0 unspecified atom stereocenters. The molecule has 0 spiro atoms. The Kier molecular flexibility index (Phi) is 6.10. The van der Waals surface area contributed by atoms with E-state index >= 15 is 0 Å². The number of aryl methyl sites for hydroxylation is 1. The van der Waals surface area contributed by atoms with Gasteiger partial charge < -0.3 is 19.2 Å². The number of pyridine rings is 1. The van der Waals surface area contributed by atoms with Crippen molar-refractivity contribution < 1.29 is 18.7 Å². The van der Waals surface area contributed by atoms with Gasteiger partial charge in [-0.3, -0.25) is 9.78 Å². The second-order valence-corrected chi connectivity index (χ2v) is 5.98. The van der Waals surface area contributed by atoms with Crippen LogP contribution in [0.3, 0.4) is 0 Å². The molecule has 6 nitrogen and oxygen atoms in total. The lowest BCUT2D eigenvalue weighted by atomic mass is 10.1. The van der Waals surface area contributed by atoms with Crippen LogP contribution in [0, 0.1) is 0 Å². The van der Waals surface area contributed by atoms with Gasteiger partial charge in [0.05, 0.1) is 20.5 Å². The molecule has 3 aromatic rings. The zero-order valence-corrected chi connectivity index (χ0v) is 15.4. The highest BCUT2D eigenvalue weighted by Crippen LogP contribution is 2.25. The fraction of sp³-hybridized carbons (Fsp3) is 0.238. The van der Waals surface area contributed by atoms with E-state index in [1.54, 1.807) is 26.7 Å². The Balaban J connectivity index is 1.50. The number of carbonyl (C=O) groups excluding carboxylic acids is 1. The van der Waals surface area contributed by atoms with Crippen LogP contribution in [-0.4, -0.2) is 25.1 Å². The van der Waals surface area contributed by atoms with Crippen LogP contribution < -0.4 is 14.8 Å². The summed E-state index contributed by atoms with van der Waals surface area (Å²) >= 11 is 0. The SMILES string of the molecule is COc1ccc(CCC(=O)NCc2ccc(-c3ccco3)nc2)c(OC)c1. The van der Waals surface area contributed by atoms with Gasteiger partial charge >= 0.3 is 0 Å². The molecule has 1 amide bonds. The Morgan fingerprint density at radius 3 is 2.70 bits per heavy atom. The molecule has 1 N–H and O–H groups in total. The molecule has 0 aliphatic heterocycles. The van der Waals surface area contributed by atoms with Crippen LogP contribution in [0.15, 0.2) is 59.3 Å². The lowest BCUT2D eigenvalue weighted by Gasteiger charge is -2.10. The minimum Gasteiger partial charge on any atom is -0.497 e. The van der Waals surface area contributed by atoms with E-state index in [-0.39, 0.29) is 5.91 Å². The number of ether oxygens (including phenoxy) is 2. The molecule has 0 saturated heterocycles. The van der Waals surface area contributed by atoms with Gasteiger partial charge in [0.25, 0.3) is 0 Å². The number of hydrogen-bond acceptors (Lipinski definition) is 5. The summed E-state index contributed by atoms with van der Waals surface area (Å²) in [5, 5.41) is 2.92. The average Bonchev–Trinajstić information content (AvgIpc) is 3.25. The summed E-state index contributed by atoms with van der Waals surface area (Å²) in [5.74, 6) is 2.15. The second-order valence-electron chi connectivity index (χ2n) is 5.98. The Morgan fingerprint density at radius 1 is 1.15 bits per heavy atom. The molecule has 0 radical (unpaired) electrons. The molecule has 6 heteroatoms. The van der Waals surface area contributed by atoms with E-state index in [0.29, 0.717) is 19.4 Å². The highest BCUT2D eigenvalue weighted by atomic mass is 16.5. The van der Waals surface area contributed by atoms with Gasteiger partial charge in [-0.2, -0.15) is 0 Å². The van der Waals surface area contributed by atoms with Gasteiger partial charge in [-0.1, -0.05) is 12.1 Å². The first-order valence-corrected chi connectivity index (χ1v) is 8.66. The van der Waals surface area contributed by atoms with E-state index in [0.717, 1.165) is 34.1 Å². The lowest BCUT2D eigenvalue weighted by molar-refractivity contribution is -0.121. The quantitative estimate of drug-likeness (QED) is 0.659. The van der Waals surface area contributed by atoms with Gasteiger partial charge in [-0.25, -0.2) is 0 Å². The number of benzene rings is 1. The number of nitrogens with zero attached hydrogens (tertiary/aromatic N) is 1. The number of rotatable bonds is 8. The fourth-order valence-electron chi connectivity index (χ4n) is 2.69. The highest BCUT2D eigenvalue weighted by molar-refractivity contribution is 5.76. The number of hydrogen-bond donors (Lipinski definition) is 1. The molecule has 2 aromatic heterocycles. The van der Waals surface area contributed by atoms with Crippen LogP contribution in [0.25, 0.3) is 11.5 Å². The van der Waals surface area contributed by atoms with E-state index in [9.17, 15) is 4.79 Å². The van der Waals surface area contributed by atoms with E-state index in [1.165, 1.54) is 0 Å². The number of aromatic nitrogens is 1. The minimum absolute atomic E-state index is 0.0250. The third kappa shape index (κ3) is 4.88. The maximum atomic E-state index is 12.2. The lowest BCUT2D eigenvalue weighted by Crippen LogP contribution is -2.23. The molecule has 3 rings (SSSR count). The molecule has 27 heavy (non-hydrogen) atoms. The van der Waals surface area contributed by atoms with Crippen molar-refractivity contribution in [2.45, 2.75) is 19.4 Å². The van der Waals surface area contributed by atoms with E-state index < -0.39 is 0 Å². The van der Waals surface area contributed by atoms with Crippen LogP contribution >= 0.6 is 0 Å². The molecule has 0 saturated carbocycles. The normalized spacial score (nSPS) is 10.4. The largest absolute Gasteiger partial charge is 0.497 e. The van der Waals surface area contributed by atoms with Crippen molar-refractivity contribution in [3.05, 3.63) is 66.1 Å². The molecule has 0 fully saturated rings. The number of methoxy groups -OCH3 is 2. The summed E-state index contributed by atoms with van der Waals surface area (Å²) in [6.07, 6.45) is 4.32. The van der Waals surface area contributed by atoms with Crippen molar-refractivity contribution in [1.29, 1.82) is 0 Å². The van der Waals surface area contributed by atoms with Crippen molar-refractivity contribution in [2.24, 2.45) is 0 Å². The van der Waals surface area contributed by atoms with E-state index in [1.807, 2.05) is 42.5 Å². The minimum atomic E-state index is -0.0250. The maximum Gasteiger partial charge on any atom is 0.220 e. The molecule has 0 aliphatic rings. The van der Waals surface area contributed by atoms with E-state index in [2.05, 4.69) is 10.3 Å². The monoisotopic (exact) mass is 366 g/mol. The molecular weight excluding hydrogens is 344 g/mol. The van der Waals surface area contributed by atoms with Crippen molar-refractivity contribution in [1.82, 2.24) is 10.3 Å². The number of furan rings is 1. The predicted molar refractivity (Wildman–Crippen MR) is 102 cm³/mol. The molecular formula is C21H22N2O4. The molecule has 1 aromatic carbocycles. The van der Waals surface area contributed by atoms with Crippen LogP contribution in [0.4, 0.5) is 0 Å². The van der Waals surface area contributed by atoms with Gasteiger partial charge in [-0.05, 0) is 41.8 Å². The molecule has 0 atom stereocenters. The first kappa shape index (κ1) is 18.5. The Hall–Kier alpha value is -3.28. The topological polar surface area (TPSA) is 73.6 Å². The third-order valence-corrected chi connectivity index (χ3v) is 4.20. The van der Waals surface area contributed by atoms with Gasteiger partial charge in [0, 0.05) is 25.2 Å². The molecule has 2 heterocycles. The number of carbonyl (C=O) groups is 1. The molecule has 0 bridgehead atoms. The Morgan fingerprint density at radius 2 is 2.04 bits per heavy atom. The summed E-state index contributed by atoms with van der Waals surface area (Å²) in [5.41, 5.74) is 2.67. The Labute approximate surface area is 158 Å². The van der Waals surface area contributed by atoms with Crippen LogP contribution in [0.5, 0.6) is 11.5 Å². The standard InChI is InChI=1S/C21H22N2O4/c1-25-17-8-6-16(20(12-17)26-2)7-10-21(24)23-14-15-5-9-18(22-13-15)19-4-3-11-27-19/h3-6,8-9,11-13H,7,10,14H2,1-2H3,(H,23,24). The summed E-state index contributed by atoms with van der Waals surface area (Å²) in [6.45, 7) is 0.435. The van der Waals surface area contributed by atoms with E-state index in [4.69, 9.17) is 13.9 Å². The smallest absolute Gasteiger partial charge is 0.220 e.